The number of thiol groups is 1. The molecule has 2 aromatic rings. The molecule has 1 aromatic carbocycles. The Morgan fingerprint density at radius 1 is 1.40 bits per heavy atom. The number of amides is 1. The van der Waals surface area contributed by atoms with Gasteiger partial charge in [-0.1, -0.05) is 15.9 Å². The highest BCUT2D eigenvalue weighted by Gasteiger charge is 2.09. The van der Waals surface area contributed by atoms with Crippen molar-refractivity contribution in [1.29, 1.82) is 0 Å². The Morgan fingerprint density at radius 2 is 2.20 bits per heavy atom. The maximum absolute atomic E-state index is 12.1. The lowest BCUT2D eigenvalue weighted by Gasteiger charge is -2.08. The molecule has 2 rings (SSSR count). The molecule has 104 valence electrons. The van der Waals surface area contributed by atoms with E-state index in [4.69, 9.17) is 4.74 Å². The van der Waals surface area contributed by atoms with Crippen molar-refractivity contribution in [1.82, 2.24) is 10.3 Å². The number of hydrogen-bond acceptors (Lipinski definition) is 4. The zero-order chi connectivity index (χ0) is 14.5. The largest absolute Gasteiger partial charge is 0.481 e. The fourth-order valence-corrected chi connectivity index (χ4v) is 2.50. The number of benzene rings is 1. The molecule has 0 unspecified atom stereocenters. The summed E-state index contributed by atoms with van der Waals surface area (Å²) in [5.41, 5.74) is 1.46. The first-order valence-corrected chi connectivity index (χ1v) is 7.10. The van der Waals surface area contributed by atoms with Crippen molar-refractivity contribution in [2.45, 2.75) is 11.4 Å². The van der Waals surface area contributed by atoms with Crippen LogP contribution in [0, 0.1) is 0 Å². The number of ether oxygens (including phenoxy) is 1. The first-order chi connectivity index (χ1) is 9.60. The lowest BCUT2D eigenvalue weighted by molar-refractivity contribution is 0.0948. The zero-order valence-electron chi connectivity index (χ0n) is 10.8. The number of nitrogens with one attached hydrogen (secondary N) is 1. The molecular formula is C14H13BrN2O2S. The molecule has 0 radical (unpaired) electrons. The molecule has 0 saturated carbocycles. The van der Waals surface area contributed by atoms with E-state index < -0.39 is 0 Å². The van der Waals surface area contributed by atoms with Gasteiger partial charge in [0.2, 0.25) is 5.88 Å². The van der Waals surface area contributed by atoms with Crippen molar-refractivity contribution in [2.24, 2.45) is 0 Å². The second kappa shape index (κ2) is 6.76. The molecule has 0 aliphatic carbocycles. The third-order valence-electron chi connectivity index (χ3n) is 2.67. The molecule has 6 heteroatoms. The van der Waals surface area contributed by atoms with Gasteiger partial charge in [-0.2, -0.15) is 0 Å². The number of carbonyl (C=O) groups excluding carboxylic acids is 1. The second-order valence-corrected chi connectivity index (χ2v) is 5.45. The van der Waals surface area contributed by atoms with Gasteiger partial charge in [0, 0.05) is 28.2 Å². The Labute approximate surface area is 131 Å². The van der Waals surface area contributed by atoms with Gasteiger partial charge in [0.05, 0.1) is 12.7 Å². The molecule has 1 N–H and O–H groups in total. The third kappa shape index (κ3) is 3.74. The third-order valence-corrected chi connectivity index (χ3v) is 3.53. The molecule has 0 spiro atoms. The van der Waals surface area contributed by atoms with Crippen molar-refractivity contribution in [2.75, 3.05) is 7.11 Å². The van der Waals surface area contributed by atoms with Crippen molar-refractivity contribution in [3.63, 3.8) is 0 Å². The molecule has 0 bridgehead atoms. The van der Waals surface area contributed by atoms with Gasteiger partial charge in [0.15, 0.2) is 0 Å². The number of nitrogens with zero attached hydrogens (tertiary/aromatic N) is 1. The molecular weight excluding hydrogens is 340 g/mol. The number of halogens is 1. The maximum atomic E-state index is 12.1. The lowest BCUT2D eigenvalue weighted by Crippen LogP contribution is -2.23. The lowest BCUT2D eigenvalue weighted by atomic mass is 10.2. The predicted molar refractivity (Wildman–Crippen MR) is 83.4 cm³/mol. The summed E-state index contributed by atoms with van der Waals surface area (Å²) >= 11 is 7.63. The Morgan fingerprint density at radius 3 is 2.90 bits per heavy atom. The first-order valence-electron chi connectivity index (χ1n) is 5.86. The van der Waals surface area contributed by atoms with Crippen LogP contribution in [0.1, 0.15) is 15.9 Å². The van der Waals surface area contributed by atoms with E-state index in [0.717, 1.165) is 10.0 Å². The molecule has 0 fully saturated rings. The monoisotopic (exact) mass is 352 g/mol. The van der Waals surface area contributed by atoms with E-state index in [-0.39, 0.29) is 5.91 Å². The SMILES string of the molecule is COc1cc(CNC(=O)c2ccc(Br)cc2S)ccn1. The van der Waals surface area contributed by atoms with E-state index in [1.54, 1.807) is 31.5 Å². The summed E-state index contributed by atoms with van der Waals surface area (Å²) in [6.45, 7) is 0.404. The van der Waals surface area contributed by atoms with Crippen LogP contribution in [-0.4, -0.2) is 18.0 Å². The minimum Gasteiger partial charge on any atom is -0.481 e. The summed E-state index contributed by atoms with van der Waals surface area (Å²) in [4.78, 5) is 16.7. The van der Waals surface area contributed by atoms with Crippen LogP contribution in [0.2, 0.25) is 0 Å². The van der Waals surface area contributed by atoms with Crippen molar-refractivity contribution in [3.05, 3.63) is 52.1 Å². The zero-order valence-corrected chi connectivity index (χ0v) is 13.2. The average Bonchev–Trinajstić information content (AvgIpc) is 2.45. The van der Waals surface area contributed by atoms with Crippen LogP contribution >= 0.6 is 28.6 Å². The van der Waals surface area contributed by atoms with E-state index >= 15 is 0 Å². The van der Waals surface area contributed by atoms with Gasteiger partial charge in [-0.3, -0.25) is 4.79 Å². The van der Waals surface area contributed by atoms with Crippen molar-refractivity contribution in [3.8, 4) is 5.88 Å². The standard InChI is InChI=1S/C14H13BrN2O2S/c1-19-13-6-9(4-5-16-13)8-17-14(18)11-3-2-10(15)7-12(11)20/h2-7,20H,8H2,1H3,(H,17,18). The number of carbonyl (C=O) groups is 1. The van der Waals surface area contributed by atoms with E-state index in [2.05, 4.69) is 38.9 Å². The molecule has 1 heterocycles. The quantitative estimate of drug-likeness (QED) is 0.831. The number of hydrogen-bond donors (Lipinski definition) is 2. The molecule has 0 saturated heterocycles. The normalized spacial score (nSPS) is 10.2. The highest BCUT2D eigenvalue weighted by atomic mass is 79.9. The highest BCUT2D eigenvalue weighted by Crippen LogP contribution is 2.20. The summed E-state index contributed by atoms with van der Waals surface area (Å²) in [5, 5.41) is 2.84. The summed E-state index contributed by atoms with van der Waals surface area (Å²) in [5.74, 6) is 0.355. The molecule has 4 nitrogen and oxygen atoms in total. The first kappa shape index (κ1) is 14.9. The fourth-order valence-electron chi connectivity index (χ4n) is 1.65. The van der Waals surface area contributed by atoms with Crippen molar-refractivity contribution >= 4 is 34.5 Å². The smallest absolute Gasteiger partial charge is 0.252 e. The van der Waals surface area contributed by atoms with Crippen LogP contribution in [0.4, 0.5) is 0 Å². The number of pyridine rings is 1. The fraction of sp³-hybridized carbons (Fsp3) is 0.143. The Balaban J connectivity index is 2.04. The molecule has 0 aliphatic rings. The van der Waals surface area contributed by atoms with Gasteiger partial charge in [-0.15, -0.1) is 12.6 Å². The van der Waals surface area contributed by atoms with E-state index in [1.165, 1.54) is 0 Å². The summed E-state index contributed by atoms with van der Waals surface area (Å²) in [6.07, 6.45) is 1.64. The molecule has 1 aromatic heterocycles. The number of aromatic nitrogens is 1. The molecule has 1 amide bonds. The Bertz CT molecular complexity index is 634. The highest BCUT2D eigenvalue weighted by molar-refractivity contribution is 9.10. The average molecular weight is 353 g/mol. The van der Waals surface area contributed by atoms with E-state index in [9.17, 15) is 4.79 Å². The van der Waals surface area contributed by atoms with Crippen LogP contribution < -0.4 is 10.1 Å². The minimum atomic E-state index is -0.168. The predicted octanol–water partition coefficient (Wildman–Crippen LogP) is 3.07. The van der Waals surface area contributed by atoms with Gasteiger partial charge in [0.1, 0.15) is 0 Å². The van der Waals surface area contributed by atoms with Gasteiger partial charge < -0.3 is 10.1 Å². The second-order valence-electron chi connectivity index (χ2n) is 4.05. The molecule has 0 atom stereocenters. The van der Waals surface area contributed by atoms with Crippen LogP contribution in [0.15, 0.2) is 45.9 Å². The van der Waals surface area contributed by atoms with E-state index in [0.29, 0.717) is 22.9 Å². The summed E-state index contributed by atoms with van der Waals surface area (Å²) in [7, 11) is 1.56. The Hall–Kier alpha value is -1.53. The van der Waals surface area contributed by atoms with Gasteiger partial charge in [0.25, 0.3) is 5.91 Å². The molecule has 0 aliphatic heterocycles. The van der Waals surface area contributed by atoms with Crippen molar-refractivity contribution < 1.29 is 9.53 Å². The number of methoxy groups -OCH3 is 1. The topological polar surface area (TPSA) is 51.2 Å². The van der Waals surface area contributed by atoms with Crippen LogP contribution in [-0.2, 0) is 6.54 Å². The molecule has 20 heavy (non-hydrogen) atoms. The van der Waals surface area contributed by atoms with E-state index in [1.807, 2.05) is 12.1 Å². The minimum absolute atomic E-state index is 0.168. The number of rotatable bonds is 4. The van der Waals surface area contributed by atoms with Crippen LogP contribution in [0.3, 0.4) is 0 Å². The van der Waals surface area contributed by atoms with Crippen LogP contribution in [0.25, 0.3) is 0 Å². The maximum Gasteiger partial charge on any atom is 0.252 e. The summed E-state index contributed by atoms with van der Waals surface area (Å²) in [6, 6.07) is 8.93. The summed E-state index contributed by atoms with van der Waals surface area (Å²) < 4.78 is 5.92. The van der Waals surface area contributed by atoms with Crippen LogP contribution in [0.5, 0.6) is 5.88 Å². The van der Waals surface area contributed by atoms with Gasteiger partial charge >= 0.3 is 0 Å². The van der Waals surface area contributed by atoms with Gasteiger partial charge in [-0.25, -0.2) is 4.98 Å². The Kier molecular flexibility index (Phi) is 5.03. The van der Waals surface area contributed by atoms with Gasteiger partial charge in [-0.05, 0) is 29.8 Å².